The van der Waals surface area contributed by atoms with Crippen molar-refractivity contribution in [3.63, 3.8) is 0 Å². The molecule has 1 aromatic rings. The van der Waals surface area contributed by atoms with Crippen LogP contribution in [0.4, 0.5) is 5.69 Å². The van der Waals surface area contributed by atoms with E-state index < -0.39 is 0 Å². The first kappa shape index (κ1) is 17.1. The number of nitrogens with zero attached hydrogens (tertiary/aromatic N) is 1. The Bertz CT molecular complexity index is 365. The second-order valence-corrected chi connectivity index (χ2v) is 3.74. The zero-order chi connectivity index (χ0) is 11.4. The van der Waals surface area contributed by atoms with Gasteiger partial charge in [0.25, 0.3) is 0 Å². The number of anilines is 1. The van der Waals surface area contributed by atoms with Crippen molar-refractivity contribution in [1.29, 1.82) is 0 Å². The van der Waals surface area contributed by atoms with Gasteiger partial charge in [-0.15, -0.1) is 24.8 Å². The lowest BCUT2D eigenvalue weighted by Gasteiger charge is -2.29. The summed E-state index contributed by atoms with van der Waals surface area (Å²) < 4.78 is 5.41. The van der Waals surface area contributed by atoms with E-state index in [4.69, 9.17) is 4.74 Å². The van der Waals surface area contributed by atoms with Crippen molar-refractivity contribution >= 4 is 36.4 Å². The Hall–Kier alpha value is -0.880. The zero-order valence-electron chi connectivity index (χ0n) is 9.96. The second kappa shape index (κ2) is 8.26. The second-order valence-electron chi connectivity index (χ2n) is 3.74. The van der Waals surface area contributed by atoms with E-state index in [0.29, 0.717) is 18.8 Å². The third kappa shape index (κ3) is 4.42. The molecule has 2 N–H and O–H groups in total. The van der Waals surface area contributed by atoms with Gasteiger partial charge in [-0.2, -0.15) is 0 Å². The summed E-state index contributed by atoms with van der Waals surface area (Å²) in [5.41, 5.74) is 0.701. The van der Waals surface area contributed by atoms with Crippen LogP contribution in [0.25, 0.3) is 0 Å². The molecular formula is C11H17Cl2N3O2. The average Bonchev–Trinajstić information content (AvgIpc) is 2.31. The number of hydrogen-bond donors (Lipinski definition) is 2. The lowest BCUT2D eigenvalue weighted by molar-refractivity contribution is -0.123. The summed E-state index contributed by atoms with van der Waals surface area (Å²) in [5, 5.41) is 5.93. The van der Waals surface area contributed by atoms with Crippen LogP contribution in [0.1, 0.15) is 6.92 Å². The SMILES string of the molecule is C[C@H]1OCCN[C@@H]1C(=O)Nc1cccnc1.Cl.Cl. The van der Waals surface area contributed by atoms with Crippen molar-refractivity contribution in [3.8, 4) is 0 Å². The van der Waals surface area contributed by atoms with E-state index in [1.54, 1.807) is 24.5 Å². The third-order valence-electron chi connectivity index (χ3n) is 2.53. The van der Waals surface area contributed by atoms with Crippen LogP contribution in [0.15, 0.2) is 24.5 Å². The number of aromatic nitrogens is 1. The molecule has 0 saturated carbocycles. The predicted octanol–water partition coefficient (Wildman–Crippen LogP) is 1.24. The van der Waals surface area contributed by atoms with Crippen molar-refractivity contribution in [3.05, 3.63) is 24.5 Å². The zero-order valence-corrected chi connectivity index (χ0v) is 11.6. The average molecular weight is 294 g/mol. The van der Waals surface area contributed by atoms with Gasteiger partial charge in [0.2, 0.25) is 5.91 Å². The van der Waals surface area contributed by atoms with Crippen LogP contribution >= 0.6 is 24.8 Å². The highest BCUT2D eigenvalue weighted by molar-refractivity contribution is 5.95. The van der Waals surface area contributed by atoms with Crippen LogP contribution in [-0.4, -0.2) is 36.2 Å². The van der Waals surface area contributed by atoms with Crippen LogP contribution in [-0.2, 0) is 9.53 Å². The molecule has 2 heterocycles. The van der Waals surface area contributed by atoms with Crippen LogP contribution in [0.5, 0.6) is 0 Å². The van der Waals surface area contributed by atoms with Gasteiger partial charge in [-0.1, -0.05) is 0 Å². The molecule has 0 aromatic carbocycles. The molecule has 1 amide bonds. The molecule has 0 unspecified atom stereocenters. The Morgan fingerprint density at radius 3 is 2.94 bits per heavy atom. The van der Waals surface area contributed by atoms with Crippen molar-refractivity contribution < 1.29 is 9.53 Å². The quantitative estimate of drug-likeness (QED) is 0.861. The normalized spacial score (nSPS) is 22.3. The fraction of sp³-hybridized carbons (Fsp3) is 0.455. The first-order valence-corrected chi connectivity index (χ1v) is 5.33. The minimum Gasteiger partial charge on any atom is -0.375 e. The molecule has 0 bridgehead atoms. The van der Waals surface area contributed by atoms with Crippen LogP contribution in [0, 0.1) is 0 Å². The lowest BCUT2D eigenvalue weighted by Crippen LogP contribution is -2.53. The molecular weight excluding hydrogens is 277 g/mol. The minimum atomic E-state index is -0.297. The van der Waals surface area contributed by atoms with Crippen molar-refractivity contribution in [1.82, 2.24) is 10.3 Å². The van der Waals surface area contributed by atoms with Gasteiger partial charge in [-0.25, -0.2) is 0 Å². The standard InChI is InChI=1S/C11H15N3O2.2ClH/c1-8-10(13-5-6-16-8)11(15)14-9-3-2-4-12-7-9;;/h2-4,7-8,10,13H,5-6H2,1H3,(H,14,15);2*1H/t8-,10+;;/m1../s1. The minimum absolute atomic E-state index is 0. The highest BCUT2D eigenvalue weighted by Crippen LogP contribution is 2.08. The van der Waals surface area contributed by atoms with Gasteiger partial charge in [0.05, 0.1) is 24.6 Å². The number of rotatable bonds is 2. The first-order valence-electron chi connectivity index (χ1n) is 5.33. The van der Waals surface area contributed by atoms with E-state index >= 15 is 0 Å². The topological polar surface area (TPSA) is 63.2 Å². The number of pyridine rings is 1. The summed E-state index contributed by atoms with van der Waals surface area (Å²) in [5.74, 6) is -0.0831. The Labute approximate surface area is 119 Å². The number of ether oxygens (including phenoxy) is 1. The van der Waals surface area contributed by atoms with Gasteiger partial charge in [0.15, 0.2) is 0 Å². The lowest BCUT2D eigenvalue weighted by atomic mass is 10.1. The summed E-state index contributed by atoms with van der Waals surface area (Å²) in [6.07, 6.45) is 3.18. The van der Waals surface area contributed by atoms with Crippen LogP contribution in [0.2, 0.25) is 0 Å². The molecule has 2 rings (SSSR count). The van der Waals surface area contributed by atoms with Crippen LogP contribution in [0.3, 0.4) is 0 Å². The van der Waals surface area contributed by atoms with Gasteiger partial charge in [-0.05, 0) is 19.1 Å². The summed E-state index contributed by atoms with van der Waals surface area (Å²) in [4.78, 5) is 15.8. The summed E-state index contributed by atoms with van der Waals surface area (Å²) in [7, 11) is 0. The van der Waals surface area contributed by atoms with E-state index in [1.807, 2.05) is 6.92 Å². The van der Waals surface area contributed by atoms with Gasteiger partial charge in [0, 0.05) is 12.7 Å². The molecule has 1 aromatic heterocycles. The monoisotopic (exact) mass is 293 g/mol. The fourth-order valence-electron chi connectivity index (χ4n) is 1.68. The van der Waals surface area contributed by atoms with Crippen molar-refractivity contribution in [2.24, 2.45) is 0 Å². The Kier molecular flexibility index (Phi) is 7.86. The first-order chi connectivity index (χ1) is 7.77. The predicted molar refractivity (Wildman–Crippen MR) is 74.6 cm³/mol. The number of hydrogen-bond acceptors (Lipinski definition) is 4. The van der Waals surface area contributed by atoms with E-state index in [-0.39, 0.29) is 42.9 Å². The summed E-state index contributed by atoms with van der Waals surface area (Å²) in [6, 6.07) is 3.29. The Morgan fingerprint density at radius 1 is 1.56 bits per heavy atom. The maximum Gasteiger partial charge on any atom is 0.244 e. The maximum absolute atomic E-state index is 11.9. The highest BCUT2D eigenvalue weighted by atomic mass is 35.5. The van der Waals surface area contributed by atoms with E-state index in [1.165, 1.54) is 0 Å². The Morgan fingerprint density at radius 2 is 2.33 bits per heavy atom. The Balaban J connectivity index is 0.00000144. The van der Waals surface area contributed by atoms with Gasteiger partial charge in [-0.3, -0.25) is 9.78 Å². The molecule has 1 saturated heterocycles. The number of morpholine rings is 1. The van der Waals surface area contributed by atoms with Gasteiger partial charge < -0.3 is 15.4 Å². The number of amides is 1. The van der Waals surface area contributed by atoms with Crippen molar-refractivity contribution in [2.75, 3.05) is 18.5 Å². The van der Waals surface area contributed by atoms with Crippen LogP contribution < -0.4 is 10.6 Å². The van der Waals surface area contributed by atoms with Gasteiger partial charge >= 0.3 is 0 Å². The maximum atomic E-state index is 11.9. The number of nitrogens with one attached hydrogen (secondary N) is 2. The largest absolute Gasteiger partial charge is 0.375 e. The van der Waals surface area contributed by atoms with Gasteiger partial charge in [0.1, 0.15) is 6.04 Å². The molecule has 0 radical (unpaired) electrons. The molecule has 1 aliphatic rings. The molecule has 0 aliphatic carbocycles. The molecule has 0 spiro atoms. The smallest absolute Gasteiger partial charge is 0.244 e. The molecule has 5 nitrogen and oxygen atoms in total. The van der Waals surface area contributed by atoms with E-state index in [2.05, 4.69) is 15.6 Å². The summed E-state index contributed by atoms with van der Waals surface area (Å²) in [6.45, 7) is 3.24. The molecule has 18 heavy (non-hydrogen) atoms. The highest BCUT2D eigenvalue weighted by Gasteiger charge is 2.28. The molecule has 1 fully saturated rings. The number of halogens is 2. The van der Waals surface area contributed by atoms with Crippen molar-refractivity contribution in [2.45, 2.75) is 19.1 Å². The molecule has 1 aliphatic heterocycles. The third-order valence-corrected chi connectivity index (χ3v) is 2.53. The molecule has 7 heteroatoms. The summed E-state index contributed by atoms with van der Waals surface area (Å²) >= 11 is 0. The van der Waals surface area contributed by atoms with E-state index in [9.17, 15) is 4.79 Å². The number of carbonyl (C=O) groups excluding carboxylic acids is 1. The van der Waals surface area contributed by atoms with E-state index in [0.717, 1.165) is 0 Å². The number of carbonyl (C=O) groups is 1. The fourth-order valence-corrected chi connectivity index (χ4v) is 1.68. The molecule has 102 valence electrons. The molecule has 2 atom stereocenters.